The predicted molar refractivity (Wildman–Crippen MR) is 86.0 cm³/mol. The van der Waals surface area contributed by atoms with Crippen LogP contribution in [0.15, 0.2) is 18.2 Å². The quantitative estimate of drug-likeness (QED) is 0.766. The summed E-state index contributed by atoms with van der Waals surface area (Å²) in [7, 11) is 0. The van der Waals surface area contributed by atoms with Crippen molar-refractivity contribution in [2.24, 2.45) is 5.41 Å². The van der Waals surface area contributed by atoms with E-state index < -0.39 is 41.1 Å². The zero-order valence-corrected chi connectivity index (χ0v) is 14.5. The van der Waals surface area contributed by atoms with Gasteiger partial charge in [0.2, 0.25) is 11.8 Å². The lowest BCUT2D eigenvalue weighted by atomic mass is 9.95. The van der Waals surface area contributed by atoms with Gasteiger partial charge in [-0.05, 0) is 31.5 Å². The molecule has 0 heterocycles. The second-order valence-electron chi connectivity index (χ2n) is 6.86. The zero-order chi connectivity index (χ0) is 18.7. The van der Waals surface area contributed by atoms with Gasteiger partial charge in [-0.25, -0.2) is 8.78 Å². The number of hydrogen-bond donors (Lipinski definition) is 3. The Morgan fingerprint density at radius 2 is 1.67 bits per heavy atom. The van der Waals surface area contributed by atoms with Crippen molar-refractivity contribution in [2.45, 2.75) is 52.8 Å². The molecular weight excluding hydrogens is 318 g/mol. The van der Waals surface area contributed by atoms with Gasteiger partial charge in [0.1, 0.15) is 6.04 Å². The minimum Gasteiger partial charge on any atom is -0.386 e. The minimum atomic E-state index is -1.21. The van der Waals surface area contributed by atoms with Gasteiger partial charge in [0.25, 0.3) is 0 Å². The summed E-state index contributed by atoms with van der Waals surface area (Å²) in [6.45, 7) is 8.23. The van der Waals surface area contributed by atoms with Crippen LogP contribution in [-0.2, 0) is 9.59 Å². The van der Waals surface area contributed by atoms with E-state index in [9.17, 15) is 23.5 Å². The third-order valence-electron chi connectivity index (χ3n) is 3.55. The summed E-state index contributed by atoms with van der Waals surface area (Å²) in [5.41, 5.74) is -0.487. The van der Waals surface area contributed by atoms with Gasteiger partial charge in [0.15, 0.2) is 11.6 Å². The maximum absolute atomic E-state index is 13.2. The highest BCUT2D eigenvalue weighted by molar-refractivity contribution is 5.89. The molecule has 0 saturated heterocycles. The van der Waals surface area contributed by atoms with Crippen LogP contribution >= 0.6 is 0 Å². The molecule has 3 N–H and O–H groups in total. The first-order valence-corrected chi connectivity index (χ1v) is 7.68. The van der Waals surface area contributed by atoms with Gasteiger partial charge in [-0.15, -0.1) is 0 Å². The number of carbonyl (C=O) groups is 2. The van der Waals surface area contributed by atoms with Crippen LogP contribution in [0.5, 0.6) is 0 Å². The molecule has 0 aliphatic rings. The highest BCUT2D eigenvalue weighted by Crippen LogP contribution is 2.19. The van der Waals surface area contributed by atoms with E-state index in [1.54, 1.807) is 20.8 Å². The third kappa shape index (κ3) is 5.26. The van der Waals surface area contributed by atoms with Crippen molar-refractivity contribution in [3.8, 4) is 0 Å². The van der Waals surface area contributed by atoms with Crippen molar-refractivity contribution < 1.29 is 23.5 Å². The third-order valence-corrected chi connectivity index (χ3v) is 3.55. The largest absolute Gasteiger partial charge is 0.386 e. The second kappa shape index (κ2) is 7.70. The fraction of sp³-hybridized carbons (Fsp3) is 0.529. The topological polar surface area (TPSA) is 78.4 Å². The maximum Gasteiger partial charge on any atom is 0.242 e. The van der Waals surface area contributed by atoms with Crippen LogP contribution in [0.3, 0.4) is 0 Å². The number of aliphatic hydroxyl groups excluding tert-OH is 1. The van der Waals surface area contributed by atoms with Gasteiger partial charge in [-0.3, -0.25) is 9.59 Å². The van der Waals surface area contributed by atoms with Crippen LogP contribution in [-0.4, -0.2) is 29.0 Å². The first kappa shape index (κ1) is 20.0. The Bertz CT molecular complexity index is 614. The molecule has 1 aromatic rings. The number of rotatable bonds is 5. The summed E-state index contributed by atoms with van der Waals surface area (Å²) in [5.74, 6) is -2.85. The van der Waals surface area contributed by atoms with Crippen molar-refractivity contribution in [1.29, 1.82) is 0 Å². The number of benzene rings is 1. The van der Waals surface area contributed by atoms with Gasteiger partial charge >= 0.3 is 0 Å². The first-order valence-electron chi connectivity index (χ1n) is 7.68. The van der Waals surface area contributed by atoms with Gasteiger partial charge in [0, 0.05) is 5.41 Å². The molecule has 0 bridgehead atoms. The Balaban J connectivity index is 2.68. The molecule has 3 unspecified atom stereocenters. The average molecular weight is 342 g/mol. The smallest absolute Gasteiger partial charge is 0.242 e. The monoisotopic (exact) mass is 342 g/mol. The van der Waals surface area contributed by atoms with E-state index in [-0.39, 0.29) is 11.5 Å². The van der Waals surface area contributed by atoms with E-state index >= 15 is 0 Å². The molecule has 0 radical (unpaired) electrons. The predicted octanol–water partition coefficient (Wildman–Crippen LogP) is 2.05. The fourth-order valence-electron chi connectivity index (χ4n) is 1.89. The Hall–Kier alpha value is -2.02. The highest BCUT2D eigenvalue weighted by atomic mass is 19.2. The lowest BCUT2D eigenvalue weighted by molar-refractivity contribution is -0.133. The van der Waals surface area contributed by atoms with Gasteiger partial charge < -0.3 is 15.7 Å². The molecule has 0 fully saturated rings. The van der Waals surface area contributed by atoms with Gasteiger partial charge in [0.05, 0.1) is 12.1 Å². The Kier molecular flexibility index (Phi) is 6.42. The van der Waals surface area contributed by atoms with Crippen molar-refractivity contribution in [3.05, 3.63) is 35.4 Å². The van der Waals surface area contributed by atoms with E-state index in [1.165, 1.54) is 19.9 Å². The van der Waals surface area contributed by atoms with E-state index in [0.717, 1.165) is 12.1 Å². The van der Waals surface area contributed by atoms with Crippen molar-refractivity contribution >= 4 is 11.8 Å². The molecule has 134 valence electrons. The van der Waals surface area contributed by atoms with Crippen LogP contribution in [0.1, 0.15) is 46.3 Å². The van der Waals surface area contributed by atoms with Crippen LogP contribution in [0.2, 0.25) is 0 Å². The molecule has 1 rings (SSSR count). The Morgan fingerprint density at radius 1 is 1.08 bits per heavy atom. The highest BCUT2D eigenvalue weighted by Gasteiger charge is 2.27. The molecule has 2 amide bonds. The van der Waals surface area contributed by atoms with E-state index in [4.69, 9.17) is 0 Å². The minimum absolute atomic E-state index is 0.146. The summed E-state index contributed by atoms with van der Waals surface area (Å²) >= 11 is 0. The van der Waals surface area contributed by atoms with E-state index in [2.05, 4.69) is 10.6 Å². The first-order chi connectivity index (χ1) is 10.9. The van der Waals surface area contributed by atoms with E-state index in [0.29, 0.717) is 0 Å². The molecule has 1 aromatic carbocycles. The number of nitrogens with one attached hydrogen (secondary N) is 2. The summed E-state index contributed by atoms with van der Waals surface area (Å²) < 4.78 is 26.2. The number of amides is 2. The van der Waals surface area contributed by atoms with Crippen molar-refractivity contribution in [1.82, 2.24) is 10.6 Å². The molecule has 24 heavy (non-hydrogen) atoms. The summed E-state index contributed by atoms with van der Waals surface area (Å²) in [6.07, 6.45) is -1.21. The fourth-order valence-corrected chi connectivity index (χ4v) is 1.89. The molecule has 0 saturated carbocycles. The maximum atomic E-state index is 13.2. The number of aliphatic hydroxyl groups is 1. The lowest BCUT2D eigenvalue weighted by Gasteiger charge is -2.25. The SMILES string of the molecule is CC(NC(=O)C(C)(C)C)C(=O)NC(C)C(O)c1ccc(F)c(F)c1. The number of hydrogen-bond acceptors (Lipinski definition) is 3. The Labute approximate surface area is 140 Å². The molecule has 3 atom stereocenters. The van der Waals surface area contributed by atoms with Crippen LogP contribution < -0.4 is 10.6 Å². The number of carbonyl (C=O) groups excluding carboxylic acids is 2. The molecule has 0 aliphatic heterocycles. The molecule has 5 nitrogen and oxygen atoms in total. The van der Waals surface area contributed by atoms with Gasteiger partial charge in [-0.1, -0.05) is 26.8 Å². The Morgan fingerprint density at radius 3 is 2.17 bits per heavy atom. The second-order valence-corrected chi connectivity index (χ2v) is 6.86. The molecule has 0 spiro atoms. The summed E-state index contributed by atoms with van der Waals surface area (Å²) in [5, 5.41) is 15.3. The lowest BCUT2D eigenvalue weighted by Crippen LogP contribution is -2.51. The van der Waals surface area contributed by atoms with Crippen molar-refractivity contribution in [2.75, 3.05) is 0 Å². The van der Waals surface area contributed by atoms with Crippen LogP contribution in [0.25, 0.3) is 0 Å². The normalized spacial score (nSPS) is 15.3. The summed E-state index contributed by atoms with van der Waals surface area (Å²) in [6, 6.07) is 1.49. The zero-order valence-electron chi connectivity index (χ0n) is 14.5. The molecule has 7 heteroatoms. The van der Waals surface area contributed by atoms with E-state index in [1.807, 2.05) is 0 Å². The molecule has 0 aliphatic carbocycles. The van der Waals surface area contributed by atoms with Crippen LogP contribution in [0, 0.1) is 17.0 Å². The molecule has 0 aromatic heterocycles. The molecular formula is C17H24F2N2O3. The van der Waals surface area contributed by atoms with Gasteiger partial charge in [-0.2, -0.15) is 0 Å². The standard InChI is InChI=1S/C17H24F2N2O3/c1-9(14(22)11-6-7-12(18)13(19)8-11)20-15(23)10(2)21-16(24)17(3,4)5/h6-10,14,22H,1-5H3,(H,20,23)(H,21,24). The van der Waals surface area contributed by atoms with Crippen LogP contribution in [0.4, 0.5) is 8.78 Å². The average Bonchev–Trinajstić information content (AvgIpc) is 2.47. The summed E-state index contributed by atoms with van der Waals surface area (Å²) in [4.78, 5) is 24.0. The van der Waals surface area contributed by atoms with Crippen molar-refractivity contribution in [3.63, 3.8) is 0 Å². The number of halogens is 2.